The van der Waals surface area contributed by atoms with E-state index in [0.29, 0.717) is 18.8 Å². The number of amides is 1. The van der Waals surface area contributed by atoms with E-state index in [2.05, 4.69) is 9.88 Å². The van der Waals surface area contributed by atoms with Crippen molar-refractivity contribution in [3.8, 4) is 0 Å². The second kappa shape index (κ2) is 7.84. The number of hydrogen-bond donors (Lipinski definition) is 2. The average molecular weight is 324 g/mol. The van der Waals surface area contributed by atoms with E-state index in [9.17, 15) is 20.0 Å². The minimum atomic E-state index is -1.10. The molecule has 0 aromatic carbocycles. The van der Waals surface area contributed by atoms with Gasteiger partial charge in [0.15, 0.2) is 6.20 Å². The largest absolute Gasteiger partial charge is 0.465 e. The number of piperidine rings is 1. The van der Waals surface area contributed by atoms with Gasteiger partial charge in [-0.1, -0.05) is 0 Å². The number of aromatic nitrogens is 1. The zero-order valence-corrected chi connectivity index (χ0v) is 12.7. The molecule has 23 heavy (non-hydrogen) atoms. The van der Waals surface area contributed by atoms with Gasteiger partial charge >= 0.3 is 11.9 Å². The van der Waals surface area contributed by atoms with Gasteiger partial charge in [0.2, 0.25) is 0 Å². The van der Waals surface area contributed by atoms with Crippen LogP contribution in [0.25, 0.3) is 0 Å². The highest BCUT2D eigenvalue weighted by Gasteiger charge is 2.25. The molecule has 0 atom stereocenters. The van der Waals surface area contributed by atoms with Crippen molar-refractivity contribution in [3.05, 3.63) is 28.4 Å². The van der Waals surface area contributed by atoms with Crippen molar-refractivity contribution < 1.29 is 19.9 Å². The Morgan fingerprint density at radius 3 is 2.61 bits per heavy atom. The first-order valence-electron chi connectivity index (χ1n) is 7.45. The molecule has 0 spiro atoms. The number of aliphatic hydroxyl groups excluding tert-OH is 1. The van der Waals surface area contributed by atoms with Crippen LogP contribution >= 0.6 is 0 Å². The van der Waals surface area contributed by atoms with Gasteiger partial charge in [-0.25, -0.2) is 4.79 Å². The van der Waals surface area contributed by atoms with E-state index in [4.69, 9.17) is 5.11 Å². The highest BCUT2D eigenvalue weighted by molar-refractivity contribution is 5.85. The lowest BCUT2D eigenvalue weighted by Crippen LogP contribution is -2.41. The van der Waals surface area contributed by atoms with Crippen molar-refractivity contribution in [1.82, 2.24) is 9.88 Å². The van der Waals surface area contributed by atoms with Gasteiger partial charge in [-0.2, -0.15) is 0 Å². The van der Waals surface area contributed by atoms with Crippen LogP contribution in [0.2, 0.25) is 0 Å². The Morgan fingerprint density at radius 1 is 1.43 bits per heavy atom. The van der Waals surface area contributed by atoms with Crippen molar-refractivity contribution in [2.75, 3.05) is 37.7 Å². The maximum atomic E-state index is 11.5. The number of likely N-dealkylation sites (tertiary alicyclic amines) is 1. The van der Waals surface area contributed by atoms with Crippen LogP contribution < -0.4 is 4.90 Å². The molecule has 2 heterocycles. The Bertz CT molecular complexity index is 543. The molecule has 0 bridgehead atoms. The summed E-state index contributed by atoms with van der Waals surface area (Å²) in [6, 6.07) is 2.61. The molecule has 1 aliphatic rings. The van der Waals surface area contributed by atoms with Crippen molar-refractivity contribution in [2.45, 2.75) is 12.8 Å². The third kappa shape index (κ3) is 4.60. The van der Waals surface area contributed by atoms with E-state index in [1.165, 1.54) is 23.2 Å². The predicted molar refractivity (Wildman–Crippen MR) is 82.5 cm³/mol. The third-order valence-electron chi connectivity index (χ3n) is 4.03. The molecule has 0 aliphatic carbocycles. The molecule has 0 unspecified atom stereocenters. The van der Waals surface area contributed by atoms with Crippen LogP contribution in [0, 0.1) is 16.0 Å². The number of rotatable bonds is 6. The summed E-state index contributed by atoms with van der Waals surface area (Å²) in [6.45, 7) is 2.76. The fourth-order valence-electron chi connectivity index (χ4n) is 2.73. The summed E-state index contributed by atoms with van der Waals surface area (Å²) < 4.78 is 0. The predicted octanol–water partition coefficient (Wildman–Crippen LogP) is 1.18. The number of carbonyl (C=O) groups is 1. The monoisotopic (exact) mass is 324 g/mol. The zero-order chi connectivity index (χ0) is 16.8. The van der Waals surface area contributed by atoms with E-state index >= 15 is 0 Å². The molecule has 2 N–H and O–H groups in total. The second-order valence-electron chi connectivity index (χ2n) is 5.53. The lowest BCUT2D eigenvalue weighted by molar-refractivity contribution is -0.389. The topological polar surface area (TPSA) is 120 Å². The number of pyridine rings is 1. The third-order valence-corrected chi connectivity index (χ3v) is 4.03. The van der Waals surface area contributed by atoms with Crippen molar-refractivity contribution in [3.63, 3.8) is 0 Å². The van der Waals surface area contributed by atoms with Crippen LogP contribution in [0.3, 0.4) is 0 Å². The maximum absolute atomic E-state index is 11.5. The highest BCUT2D eigenvalue weighted by atomic mass is 16.6. The number of anilines is 1. The summed E-state index contributed by atoms with van der Waals surface area (Å²) in [5, 5.41) is 28.9. The molecule has 2 rings (SSSR count). The smallest absolute Gasteiger partial charge is 0.411 e. The number of carboxylic acid groups (broad SMARTS) is 1. The van der Waals surface area contributed by atoms with Gasteiger partial charge in [-0.3, -0.25) is 4.90 Å². The standard InChI is InChI=1S/C14H20N4O5/c19-8-7-16-5-3-11(4-6-16)10-17(14(20)21)12-1-2-13(15-9-12)18(22)23/h1-2,9,11,19H,3-8,10H2,(H,20,21). The van der Waals surface area contributed by atoms with Crippen molar-refractivity contribution in [1.29, 1.82) is 0 Å². The van der Waals surface area contributed by atoms with Crippen LogP contribution in [0.4, 0.5) is 16.3 Å². The van der Waals surface area contributed by atoms with Crippen LogP contribution in [-0.4, -0.2) is 63.9 Å². The minimum Gasteiger partial charge on any atom is -0.465 e. The fraction of sp³-hybridized carbons (Fsp3) is 0.571. The summed E-state index contributed by atoms with van der Waals surface area (Å²) in [6.07, 6.45) is 1.82. The first-order valence-corrected chi connectivity index (χ1v) is 7.45. The van der Waals surface area contributed by atoms with Crippen molar-refractivity contribution in [2.24, 2.45) is 5.92 Å². The molecule has 0 radical (unpaired) electrons. The second-order valence-corrected chi connectivity index (χ2v) is 5.53. The number of nitrogens with zero attached hydrogens (tertiary/aromatic N) is 4. The SMILES string of the molecule is O=C(O)N(CC1CCN(CCO)CC1)c1ccc([N+](=O)[O-])nc1. The zero-order valence-electron chi connectivity index (χ0n) is 12.7. The van der Waals surface area contributed by atoms with E-state index < -0.39 is 11.0 Å². The Hall–Kier alpha value is -2.26. The Balaban J connectivity index is 1.99. The van der Waals surface area contributed by atoms with Gasteiger partial charge < -0.3 is 25.2 Å². The fourth-order valence-corrected chi connectivity index (χ4v) is 2.73. The maximum Gasteiger partial charge on any atom is 0.411 e. The number of nitro groups is 1. The molecule has 0 saturated carbocycles. The lowest BCUT2D eigenvalue weighted by Gasteiger charge is -2.33. The molecule has 1 aromatic rings. The van der Waals surface area contributed by atoms with Crippen LogP contribution in [0.5, 0.6) is 0 Å². The molecule has 1 fully saturated rings. The molecule has 9 nitrogen and oxygen atoms in total. The molecular formula is C14H20N4O5. The van der Waals surface area contributed by atoms with Gasteiger partial charge in [0, 0.05) is 19.2 Å². The normalized spacial score (nSPS) is 16.2. The van der Waals surface area contributed by atoms with E-state index in [1.807, 2.05) is 0 Å². The number of β-amino-alcohol motifs (C(OH)–C–C–N with tert-alkyl or cyclic N) is 1. The van der Waals surface area contributed by atoms with Gasteiger partial charge in [0.25, 0.3) is 0 Å². The summed E-state index contributed by atoms with van der Waals surface area (Å²) in [4.78, 5) is 28.5. The summed E-state index contributed by atoms with van der Waals surface area (Å²) >= 11 is 0. The summed E-state index contributed by atoms with van der Waals surface area (Å²) in [5.74, 6) is -0.0902. The first kappa shape index (κ1) is 17.1. The highest BCUT2D eigenvalue weighted by Crippen LogP contribution is 2.23. The Labute approximate surface area is 133 Å². The number of hydrogen-bond acceptors (Lipinski definition) is 6. The van der Waals surface area contributed by atoms with Crippen LogP contribution in [0.1, 0.15) is 12.8 Å². The summed E-state index contributed by atoms with van der Waals surface area (Å²) in [7, 11) is 0. The van der Waals surface area contributed by atoms with Crippen LogP contribution in [-0.2, 0) is 0 Å². The molecule has 1 aromatic heterocycles. The van der Waals surface area contributed by atoms with Gasteiger partial charge in [-0.05, 0) is 47.8 Å². The average Bonchev–Trinajstić information content (AvgIpc) is 2.54. The van der Waals surface area contributed by atoms with Gasteiger partial charge in [0.05, 0.1) is 12.3 Å². The minimum absolute atomic E-state index is 0.125. The lowest BCUT2D eigenvalue weighted by atomic mass is 9.96. The quantitative estimate of drug-likeness (QED) is 0.595. The Morgan fingerprint density at radius 2 is 2.13 bits per heavy atom. The molecule has 1 saturated heterocycles. The number of aliphatic hydroxyl groups is 1. The Kier molecular flexibility index (Phi) is 5.83. The molecule has 126 valence electrons. The van der Waals surface area contributed by atoms with E-state index in [0.717, 1.165) is 25.9 Å². The molecule has 9 heteroatoms. The van der Waals surface area contributed by atoms with Crippen molar-refractivity contribution >= 4 is 17.6 Å². The first-order chi connectivity index (χ1) is 11.0. The molecule has 1 amide bonds. The van der Waals surface area contributed by atoms with Gasteiger partial charge in [-0.15, -0.1) is 0 Å². The van der Waals surface area contributed by atoms with E-state index in [-0.39, 0.29) is 18.3 Å². The van der Waals surface area contributed by atoms with E-state index in [1.54, 1.807) is 0 Å². The molecular weight excluding hydrogens is 304 g/mol. The molecule has 1 aliphatic heterocycles. The summed E-state index contributed by atoms with van der Waals surface area (Å²) in [5.41, 5.74) is 0.334. The van der Waals surface area contributed by atoms with Gasteiger partial charge in [0.1, 0.15) is 0 Å². The van der Waals surface area contributed by atoms with Crippen LogP contribution in [0.15, 0.2) is 18.3 Å².